The van der Waals surface area contributed by atoms with E-state index < -0.39 is 15.8 Å². The number of rotatable bonds is 6. The Hall–Kier alpha value is -2.25. The number of likely N-dealkylation sites (tertiary alicyclic amines) is 1. The molecule has 27 heavy (non-hydrogen) atoms. The van der Waals surface area contributed by atoms with Crippen molar-refractivity contribution in [2.75, 3.05) is 19.6 Å². The minimum atomic E-state index is -3.94. The molecule has 0 atom stereocenters. The lowest BCUT2D eigenvalue weighted by Gasteiger charge is -2.25. The highest BCUT2D eigenvalue weighted by Gasteiger charge is 2.30. The van der Waals surface area contributed by atoms with Crippen molar-refractivity contribution in [3.05, 3.63) is 65.5 Å². The predicted molar refractivity (Wildman–Crippen MR) is 101 cm³/mol. The summed E-state index contributed by atoms with van der Waals surface area (Å²) in [6.45, 7) is 2.64. The normalized spacial score (nSPS) is 14.7. The van der Waals surface area contributed by atoms with Crippen molar-refractivity contribution in [1.82, 2.24) is 9.21 Å². The van der Waals surface area contributed by atoms with Gasteiger partial charge in [-0.2, -0.15) is 4.31 Å². The number of carbonyl (C=O) groups is 1. The van der Waals surface area contributed by atoms with E-state index in [4.69, 9.17) is 0 Å². The second kappa shape index (κ2) is 8.19. The minimum absolute atomic E-state index is 0.0960. The smallest absolute Gasteiger partial charge is 0.243 e. The highest BCUT2D eigenvalue weighted by atomic mass is 32.2. The lowest BCUT2D eigenvalue weighted by Crippen LogP contribution is -2.41. The molecule has 1 aliphatic rings. The number of hydrogen-bond donors (Lipinski definition) is 0. The van der Waals surface area contributed by atoms with E-state index in [1.165, 1.54) is 24.3 Å². The molecule has 144 valence electrons. The average Bonchev–Trinajstić information content (AvgIpc) is 3.18. The van der Waals surface area contributed by atoms with Gasteiger partial charge in [0.25, 0.3) is 0 Å². The van der Waals surface area contributed by atoms with Gasteiger partial charge in [0.2, 0.25) is 15.9 Å². The van der Waals surface area contributed by atoms with Crippen LogP contribution in [0.15, 0.2) is 53.4 Å². The number of halogens is 1. The van der Waals surface area contributed by atoms with Crippen LogP contribution in [0, 0.1) is 12.7 Å². The van der Waals surface area contributed by atoms with E-state index in [2.05, 4.69) is 0 Å². The number of hydrogen-bond acceptors (Lipinski definition) is 3. The van der Waals surface area contributed by atoms with Crippen LogP contribution in [0.25, 0.3) is 0 Å². The first-order valence-electron chi connectivity index (χ1n) is 8.96. The Labute approximate surface area is 159 Å². The molecule has 1 saturated heterocycles. The van der Waals surface area contributed by atoms with Crippen LogP contribution >= 0.6 is 0 Å². The molecule has 2 aromatic rings. The zero-order valence-electron chi connectivity index (χ0n) is 15.3. The Morgan fingerprint density at radius 2 is 1.70 bits per heavy atom. The van der Waals surface area contributed by atoms with Crippen LogP contribution in [0.4, 0.5) is 4.39 Å². The molecule has 1 fully saturated rings. The summed E-state index contributed by atoms with van der Waals surface area (Å²) in [7, 11) is -3.94. The Balaban J connectivity index is 1.91. The van der Waals surface area contributed by atoms with E-state index in [1.807, 2.05) is 6.92 Å². The number of sulfonamides is 1. The molecule has 0 bridgehead atoms. The van der Waals surface area contributed by atoms with Crippen molar-refractivity contribution in [1.29, 1.82) is 0 Å². The van der Waals surface area contributed by atoms with E-state index >= 15 is 0 Å². The van der Waals surface area contributed by atoms with Gasteiger partial charge in [-0.05, 0) is 38.0 Å². The first kappa shape index (κ1) is 19.5. The summed E-state index contributed by atoms with van der Waals surface area (Å²) in [6, 6.07) is 12.5. The maximum absolute atomic E-state index is 14.1. The van der Waals surface area contributed by atoms with Crippen LogP contribution in [0.3, 0.4) is 0 Å². The zero-order valence-corrected chi connectivity index (χ0v) is 16.1. The predicted octanol–water partition coefficient (Wildman–Crippen LogP) is 2.95. The van der Waals surface area contributed by atoms with Gasteiger partial charge < -0.3 is 4.90 Å². The van der Waals surface area contributed by atoms with Crippen LogP contribution < -0.4 is 0 Å². The summed E-state index contributed by atoms with van der Waals surface area (Å²) in [5.41, 5.74) is 1.17. The van der Waals surface area contributed by atoms with Gasteiger partial charge in [0.05, 0.1) is 11.4 Å². The van der Waals surface area contributed by atoms with Crippen molar-refractivity contribution in [3.8, 4) is 0 Å². The number of benzene rings is 2. The minimum Gasteiger partial charge on any atom is -0.342 e. The zero-order chi connectivity index (χ0) is 19.4. The lowest BCUT2D eigenvalue weighted by molar-refractivity contribution is -0.130. The highest BCUT2D eigenvalue weighted by molar-refractivity contribution is 7.89. The van der Waals surface area contributed by atoms with Crippen molar-refractivity contribution in [2.45, 2.75) is 31.2 Å². The third-order valence-electron chi connectivity index (χ3n) is 4.73. The molecule has 7 heteroatoms. The summed E-state index contributed by atoms with van der Waals surface area (Å²) in [4.78, 5) is 14.4. The SMILES string of the molecule is Cc1ccc(S(=O)(=O)N(CC(=O)N2CCCC2)Cc2ccccc2F)cc1. The molecule has 0 aliphatic carbocycles. The van der Waals surface area contributed by atoms with Crippen molar-refractivity contribution in [3.63, 3.8) is 0 Å². The maximum Gasteiger partial charge on any atom is 0.243 e. The molecule has 0 saturated carbocycles. The summed E-state index contributed by atoms with van der Waals surface area (Å²) in [5, 5.41) is 0. The van der Waals surface area contributed by atoms with Crippen LogP contribution in [0.2, 0.25) is 0 Å². The van der Waals surface area contributed by atoms with Crippen LogP contribution in [-0.2, 0) is 21.4 Å². The van der Waals surface area contributed by atoms with Gasteiger partial charge in [-0.1, -0.05) is 35.9 Å². The molecule has 0 N–H and O–H groups in total. The van der Waals surface area contributed by atoms with Crippen molar-refractivity contribution >= 4 is 15.9 Å². The number of nitrogens with zero attached hydrogens (tertiary/aromatic N) is 2. The monoisotopic (exact) mass is 390 g/mol. The molecule has 3 rings (SSSR count). The Kier molecular flexibility index (Phi) is 5.92. The van der Waals surface area contributed by atoms with Crippen LogP contribution in [-0.4, -0.2) is 43.2 Å². The third-order valence-corrected chi connectivity index (χ3v) is 6.54. The van der Waals surface area contributed by atoms with Gasteiger partial charge in [-0.15, -0.1) is 0 Å². The van der Waals surface area contributed by atoms with Crippen molar-refractivity contribution < 1.29 is 17.6 Å². The topological polar surface area (TPSA) is 57.7 Å². The van der Waals surface area contributed by atoms with E-state index in [0.717, 1.165) is 22.7 Å². The first-order valence-corrected chi connectivity index (χ1v) is 10.4. The standard InChI is InChI=1S/C20H23FN2O3S/c1-16-8-10-18(11-9-16)27(25,26)23(14-17-6-2-3-7-19(17)21)15-20(24)22-12-4-5-13-22/h2-3,6-11H,4-5,12-15H2,1H3. The fourth-order valence-corrected chi connectivity index (χ4v) is 4.49. The largest absolute Gasteiger partial charge is 0.342 e. The summed E-state index contributed by atoms with van der Waals surface area (Å²) < 4.78 is 41.5. The molecule has 0 aromatic heterocycles. The molecule has 0 spiro atoms. The molecular formula is C20H23FN2O3S. The summed E-state index contributed by atoms with van der Waals surface area (Å²) in [5.74, 6) is -0.741. The van der Waals surface area contributed by atoms with Gasteiger partial charge in [-0.3, -0.25) is 4.79 Å². The second-order valence-electron chi connectivity index (χ2n) is 6.77. The molecule has 1 aliphatic heterocycles. The Bertz CT molecular complexity index is 907. The molecule has 0 radical (unpaired) electrons. The van der Waals surface area contributed by atoms with Crippen LogP contribution in [0.1, 0.15) is 24.0 Å². The highest BCUT2D eigenvalue weighted by Crippen LogP contribution is 2.21. The van der Waals surface area contributed by atoms with Crippen LogP contribution in [0.5, 0.6) is 0 Å². The maximum atomic E-state index is 14.1. The fraction of sp³-hybridized carbons (Fsp3) is 0.350. The molecule has 1 amide bonds. The van der Waals surface area contributed by atoms with Gasteiger partial charge >= 0.3 is 0 Å². The van der Waals surface area contributed by atoms with Crippen molar-refractivity contribution in [2.24, 2.45) is 0 Å². The van der Waals surface area contributed by atoms with E-state index in [9.17, 15) is 17.6 Å². The van der Waals surface area contributed by atoms with E-state index in [0.29, 0.717) is 13.1 Å². The van der Waals surface area contributed by atoms with Gasteiger partial charge in [0.15, 0.2) is 0 Å². The average molecular weight is 390 g/mol. The molecule has 2 aromatic carbocycles. The number of aryl methyl sites for hydroxylation is 1. The van der Waals surface area contributed by atoms with Gasteiger partial charge in [0.1, 0.15) is 5.82 Å². The molecule has 1 heterocycles. The first-order chi connectivity index (χ1) is 12.9. The van der Waals surface area contributed by atoms with Gasteiger partial charge in [-0.25, -0.2) is 12.8 Å². The summed E-state index contributed by atoms with van der Waals surface area (Å²) >= 11 is 0. The Morgan fingerprint density at radius 1 is 1.07 bits per heavy atom. The molecule has 0 unspecified atom stereocenters. The molecule has 5 nitrogen and oxygen atoms in total. The molecular weight excluding hydrogens is 367 g/mol. The fourth-order valence-electron chi connectivity index (χ4n) is 3.12. The quantitative estimate of drug-likeness (QED) is 0.762. The Morgan fingerprint density at radius 3 is 2.33 bits per heavy atom. The number of amides is 1. The van der Waals surface area contributed by atoms with E-state index in [-0.39, 0.29) is 29.5 Å². The third kappa shape index (κ3) is 4.54. The summed E-state index contributed by atoms with van der Waals surface area (Å²) in [6.07, 6.45) is 1.84. The second-order valence-corrected chi connectivity index (χ2v) is 8.70. The van der Waals surface area contributed by atoms with Gasteiger partial charge in [0, 0.05) is 25.2 Å². The van der Waals surface area contributed by atoms with E-state index in [1.54, 1.807) is 29.2 Å². The number of carbonyl (C=O) groups excluding carboxylic acids is 1. The lowest BCUT2D eigenvalue weighted by atomic mass is 10.2.